The molecule has 5 rings (SSSR count). The van der Waals surface area contributed by atoms with E-state index in [1.54, 1.807) is 36.1 Å². The molecular formula is C28H30N6O2OsS2-2. The fourth-order valence-corrected chi connectivity index (χ4v) is 7.21. The molecule has 3 aromatic carbocycles. The molecule has 39 heavy (non-hydrogen) atoms. The van der Waals surface area contributed by atoms with E-state index in [9.17, 15) is 9.00 Å². The van der Waals surface area contributed by atoms with Crippen LogP contribution in [0.3, 0.4) is 0 Å². The van der Waals surface area contributed by atoms with Crippen LogP contribution in [0.25, 0.3) is 10.2 Å². The average molecular weight is 737 g/mol. The Morgan fingerprint density at radius 1 is 1.13 bits per heavy atom. The van der Waals surface area contributed by atoms with E-state index in [2.05, 4.69) is 27.3 Å². The molecule has 8 nitrogen and oxygen atoms in total. The van der Waals surface area contributed by atoms with E-state index in [0.717, 1.165) is 52.3 Å². The largest absolute Gasteiger partial charge is 0.385 e. The van der Waals surface area contributed by atoms with Gasteiger partial charge in [-0.2, -0.15) is 24.6 Å². The summed E-state index contributed by atoms with van der Waals surface area (Å²) in [6, 6.07) is 22.4. The molecule has 1 aliphatic heterocycles. The quantitative estimate of drug-likeness (QED) is 0.110. The number of amidine groups is 1. The van der Waals surface area contributed by atoms with Gasteiger partial charge in [0.25, 0.3) is 0 Å². The molecule has 6 N–H and O–H groups in total. The topological polar surface area (TPSA) is 133 Å². The number of nitrogen functional groups attached to an aromatic ring is 1. The Hall–Kier alpha value is -3.06. The zero-order chi connectivity index (χ0) is 27.8. The number of anilines is 1. The van der Waals surface area contributed by atoms with Crippen molar-refractivity contribution in [3.8, 4) is 0 Å². The second kappa shape index (κ2) is 13.3. The maximum Gasteiger partial charge on any atom is 0.110 e. The Labute approximate surface area is 242 Å². The van der Waals surface area contributed by atoms with Crippen molar-refractivity contribution in [3.05, 3.63) is 102 Å². The number of nitrogens with two attached hydrogens (primary N) is 1. The monoisotopic (exact) mass is 738 g/mol. The number of aromatic nitrogens is 1. The first kappa shape index (κ1) is 28.9. The fraction of sp³-hybridized carbons (Fsp3) is 0.179. The minimum atomic E-state index is -2.50. The number of nitrogens with one attached hydrogen (secondary N) is 4. The molecule has 1 saturated heterocycles. The number of carbonyl (C=O) groups excluding carboxylic acids is 1. The number of fused-ring (bicyclic) bond motifs is 1. The third-order valence-corrected chi connectivity index (χ3v) is 10.9. The van der Waals surface area contributed by atoms with Crippen molar-refractivity contribution in [1.82, 2.24) is 15.0 Å². The molecule has 0 spiro atoms. The van der Waals surface area contributed by atoms with Crippen molar-refractivity contribution >= 4 is 46.5 Å². The van der Waals surface area contributed by atoms with Crippen molar-refractivity contribution < 1.29 is 25.8 Å². The summed E-state index contributed by atoms with van der Waals surface area (Å²) in [5.41, 5.74) is 8.45. The number of hydrogen-bond acceptors (Lipinski definition) is 6. The second-order valence-electron chi connectivity index (χ2n) is 8.91. The van der Waals surface area contributed by atoms with Gasteiger partial charge in [-0.1, -0.05) is 6.07 Å². The van der Waals surface area contributed by atoms with Crippen molar-refractivity contribution in [3.63, 3.8) is 0 Å². The fourth-order valence-electron chi connectivity index (χ4n) is 3.95. The number of hydrogen-bond donors (Lipinski definition) is 5. The minimum absolute atomic E-state index is 0.0262. The summed E-state index contributed by atoms with van der Waals surface area (Å²) in [4.78, 5) is 17.7. The van der Waals surface area contributed by atoms with E-state index in [1.165, 1.54) is 16.8 Å². The first-order valence-corrected chi connectivity index (χ1v) is 17.6. The zero-order valence-corrected chi connectivity index (χ0v) is 25.3. The number of nitrogens with zero attached hydrogens (tertiary/aromatic N) is 1. The van der Waals surface area contributed by atoms with Gasteiger partial charge in [0, 0.05) is 0 Å². The number of para-hydroxylation sites is 1. The van der Waals surface area contributed by atoms with Crippen LogP contribution in [0.4, 0.5) is 5.69 Å². The average Bonchev–Trinajstić information content (AvgIpc) is 3.36. The summed E-state index contributed by atoms with van der Waals surface area (Å²) in [5, 5.41) is 14.1. The van der Waals surface area contributed by atoms with E-state index in [-0.39, 0.29) is 17.7 Å². The Bertz CT molecular complexity index is 1530. The van der Waals surface area contributed by atoms with E-state index in [1.807, 2.05) is 54.6 Å². The summed E-state index contributed by atoms with van der Waals surface area (Å²) in [6.45, 7) is 7.16. The van der Waals surface area contributed by atoms with Crippen LogP contribution < -0.4 is 21.1 Å². The van der Waals surface area contributed by atoms with Crippen LogP contribution >= 0.6 is 11.3 Å². The van der Waals surface area contributed by atoms with E-state index < -0.39 is 7.55 Å². The number of rotatable bonds is 7. The molecule has 1 fully saturated rings. The van der Waals surface area contributed by atoms with Gasteiger partial charge in [-0.15, -0.1) is 6.07 Å². The molecule has 0 radical (unpaired) electrons. The van der Waals surface area contributed by atoms with Gasteiger partial charge in [-0.3, -0.25) is 5.41 Å². The van der Waals surface area contributed by atoms with Crippen LogP contribution in [0.15, 0.2) is 77.7 Å². The van der Waals surface area contributed by atoms with Gasteiger partial charge in [-0.25, -0.2) is 0 Å². The predicted octanol–water partition coefficient (Wildman–Crippen LogP) is 4.21. The number of benzene rings is 3. The van der Waals surface area contributed by atoms with E-state index in [4.69, 9.17) is 11.1 Å². The summed E-state index contributed by atoms with van der Waals surface area (Å²) < 4.78 is 17.4. The summed E-state index contributed by atoms with van der Waals surface area (Å²) in [7, 11) is -2.50. The molecule has 0 saturated carbocycles. The summed E-state index contributed by atoms with van der Waals surface area (Å²) in [6.07, 6.45) is 1.69. The maximum absolute atomic E-state index is 13.2. The third kappa shape index (κ3) is 8.21. The Kier molecular flexibility index (Phi) is 9.89. The van der Waals surface area contributed by atoms with Crippen LogP contribution in [-0.4, -0.2) is 34.0 Å². The van der Waals surface area contributed by atoms with Gasteiger partial charge in [0.1, 0.15) is 5.84 Å². The number of amides is 1. The third-order valence-electron chi connectivity index (χ3n) is 5.99. The van der Waals surface area contributed by atoms with Gasteiger partial charge in [0.15, 0.2) is 0 Å². The van der Waals surface area contributed by atoms with E-state index >= 15 is 0 Å². The van der Waals surface area contributed by atoms with Crippen molar-refractivity contribution in [2.24, 2.45) is 11.7 Å². The molecule has 206 valence electrons. The molecule has 1 aliphatic rings. The van der Waals surface area contributed by atoms with Gasteiger partial charge >= 0.3 is 184 Å². The smallest absolute Gasteiger partial charge is 0.110 e. The first-order valence-electron chi connectivity index (χ1n) is 12.3. The van der Waals surface area contributed by atoms with Gasteiger partial charge in [-0.05, 0) is 5.56 Å². The number of piperidine rings is 1. The SMILES string of the molecule is O=C(Nc1cccc([S](=O)(=[Os])N[CH-]c2nc3ccccc3s2)c1)C1CCNCC1.[CH2-]c1cccc(C(=N)N)c1. The molecule has 2 heterocycles. The molecule has 1 unspecified atom stereocenters. The Balaban J connectivity index is 0.000000298. The van der Waals surface area contributed by atoms with Crippen LogP contribution in [-0.2, 0) is 29.2 Å². The normalized spacial score (nSPS) is 15.0. The van der Waals surface area contributed by atoms with Gasteiger partial charge in [0.2, 0.25) is 0 Å². The molecule has 1 amide bonds. The Morgan fingerprint density at radius 3 is 2.56 bits per heavy atom. The van der Waals surface area contributed by atoms with Crippen LogP contribution in [0.5, 0.6) is 0 Å². The molecule has 0 aliphatic carbocycles. The standard InChI is InChI=1S/C20H21N4O2S2.C8H9N2.Os/c25-20(14-8-10-21-11-9-14)23-15-4-3-5-16(12-15)28(26)22-13-19-24-17-6-1-2-7-18(17)27-19;1-6-3-2-4-7(5-6)8(9)10;/h1-7,12-14,21-22H,8-11H2,(H,23,25);2-5H,1H2,(H3,9,10);/q2*-1;. The molecule has 1 atom stereocenters. The number of carbonyl (C=O) groups is 1. The maximum atomic E-state index is 13.2. The molecule has 0 bridgehead atoms. The molecular weight excluding hydrogens is 707 g/mol. The van der Waals surface area contributed by atoms with Crippen LogP contribution in [0.1, 0.15) is 29.0 Å². The number of thiazole rings is 1. The van der Waals surface area contributed by atoms with Crippen LogP contribution in [0, 0.1) is 24.8 Å². The predicted molar refractivity (Wildman–Crippen MR) is 155 cm³/mol. The molecule has 4 aromatic rings. The Morgan fingerprint density at radius 2 is 1.87 bits per heavy atom. The summed E-state index contributed by atoms with van der Waals surface area (Å²) in [5.74, 6) is 0.145. The summed E-state index contributed by atoms with van der Waals surface area (Å²) >= 11 is 2.96. The van der Waals surface area contributed by atoms with Crippen molar-refractivity contribution in [2.45, 2.75) is 17.7 Å². The first-order chi connectivity index (χ1) is 18.7. The second-order valence-corrected chi connectivity index (χ2v) is 16.0. The zero-order valence-electron chi connectivity index (χ0n) is 21.1. The van der Waals surface area contributed by atoms with E-state index in [0.29, 0.717) is 10.6 Å². The van der Waals surface area contributed by atoms with Gasteiger partial charge < -0.3 is 5.73 Å². The van der Waals surface area contributed by atoms with Crippen LogP contribution in [0.2, 0.25) is 0 Å². The molecule has 11 heteroatoms. The van der Waals surface area contributed by atoms with Gasteiger partial charge in [0.05, 0.1) is 0 Å². The molecule has 1 aromatic heterocycles. The minimum Gasteiger partial charge on any atom is -0.385 e. The van der Waals surface area contributed by atoms with Crippen molar-refractivity contribution in [1.29, 1.82) is 5.41 Å². The van der Waals surface area contributed by atoms with Crippen molar-refractivity contribution in [2.75, 3.05) is 18.4 Å².